The number of nitrogens with two attached hydrogens (primary N) is 3. The van der Waals surface area contributed by atoms with Crippen LogP contribution in [0.1, 0.15) is 72.6 Å². The van der Waals surface area contributed by atoms with Crippen LogP contribution in [0.15, 0.2) is 0 Å². The van der Waals surface area contributed by atoms with Crippen LogP contribution in [0, 0.1) is 5.92 Å². The summed E-state index contributed by atoms with van der Waals surface area (Å²) >= 11 is 0. The van der Waals surface area contributed by atoms with Crippen molar-refractivity contribution >= 4 is 80.7 Å². The fraction of sp³-hybridized carbons (Fsp3) is 0.730. The van der Waals surface area contributed by atoms with Gasteiger partial charge in [-0.3, -0.25) is 43.2 Å². The Balaban J connectivity index is 2.53. The average Bonchev–Trinajstić information content (AvgIpc) is 3.71. The van der Waals surface area contributed by atoms with Crippen molar-refractivity contribution < 1.29 is 63.3 Å². The molecule has 2 saturated heterocycles. The second-order valence-corrected chi connectivity index (χ2v) is 18.3. The molecule has 0 aromatic carbocycles. The Bertz CT molecular complexity index is 1660. The molecule has 10 atom stereocenters. The molecular weight excluding hydrogens is 871 g/mol. The van der Waals surface area contributed by atoms with Crippen LogP contribution in [-0.4, -0.2) is 171 Å². The third kappa shape index (κ3) is 17.7. The molecule has 0 aliphatic carbocycles. The summed E-state index contributed by atoms with van der Waals surface area (Å²) in [5.74, 6) is -10.3. The van der Waals surface area contributed by atoms with Gasteiger partial charge in [0.2, 0.25) is 53.2 Å². The number of carbonyl (C=O) groups is 10. The van der Waals surface area contributed by atoms with E-state index in [2.05, 4.69) is 37.2 Å². The van der Waals surface area contributed by atoms with Gasteiger partial charge in [0.15, 0.2) is 0 Å². The molecule has 0 unspecified atom stereocenters. The monoisotopic (exact) mass is 933 g/mol. The molecule has 24 nitrogen and oxygen atoms in total. The summed E-state index contributed by atoms with van der Waals surface area (Å²) < 4.78 is 0. The maximum absolute atomic E-state index is 13.7. The SMILES string of the molecule is CC(C)C[C@@H]1NC(=O)[C@H]([C@@H](C)O)NC(=O)[C@@H]2CCCN2C(=O)[C@H](CO)NC(=O)[C@H](CC(N)=O)NC(=O)[C@H](C)NC(=O)[C@H](CCCCN)NC(=O)[C@@H](N)CSSC[C@@H](C(=O)O)NC1=O. The first-order valence-electron chi connectivity index (χ1n) is 20.5. The van der Waals surface area contributed by atoms with E-state index < -0.39 is 133 Å². The summed E-state index contributed by atoms with van der Waals surface area (Å²) in [6, 6.07) is -13.0. The van der Waals surface area contributed by atoms with Crippen molar-refractivity contribution in [3.8, 4) is 0 Å². The number of rotatable bonds is 11. The largest absolute Gasteiger partial charge is 0.480 e. The van der Waals surface area contributed by atoms with Gasteiger partial charge in [0.1, 0.15) is 48.3 Å². The molecule has 0 spiro atoms. The molecule has 63 heavy (non-hydrogen) atoms. The highest BCUT2D eigenvalue weighted by molar-refractivity contribution is 8.76. The first-order valence-corrected chi connectivity index (χ1v) is 23.0. The highest BCUT2D eigenvalue weighted by Gasteiger charge is 2.41. The summed E-state index contributed by atoms with van der Waals surface area (Å²) in [6.07, 6.45) is -1.01. The number of carboxylic acid groups (broad SMARTS) is 1. The molecule has 2 fully saturated rings. The minimum Gasteiger partial charge on any atom is -0.480 e. The quantitative estimate of drug-likeness (QED) is 0.0679. The van der Waals surface area contributed by atoms with Gasteiger partial charge in [0.25, 0.3) is 0 Å². The first-order chi connectivity index (χ1) is 29.6. The number of nitrogens with one attached hydrogen (secondary N) is 7. The van der Waals surface area contributed by atoms with E-state index in [0.717, 1.165) is 26.5 Å². The van der Waals surface area contributed by atoms with Gasteiger partial charge < -0.3 is 74.6 Å². The summed E-state index contributed by atoms with van der Waals surface area (Å²) in [6.45, 7) is 5.18. The van der Waals surface area contributed by atoms with Crippen molar-refractivity contribution in [1.82, 2.24) is 42.1 Å². The molecule has 2 aliphatic heterocycles. The Morgan fingerprint density at radius 2 is 1.35 bits per heavy atom. The molecule has 2 rings (SSSR count). The lowest BCUT2D eigenvalue weighted by molar-refractivity contribution is -0.144. The first kappa shape index (κ1) is 54.4. The fourth-order valence-electron chi connectivity index (χ4n) is 6.47. The zero-order valence-electron chi connectivity index (χ0n) is 35.8. The molecule has 0 aromatic rings. The molecule has 356 valence electrons. The molecule has 0 bridgehead atoms. The van der Waals surface area contributed by atoms with Crippen LogP contribution < -0.4 is 54.4 Å². The Labute approximate surface area is 372 Å². The number of hydrogen-bond acceptors (Lipinski definition) is 16. The molecule has 26 heteroatoms. The number of carbonyl (C=O) groups excluding carboxylic acids is 9. The van der Waals surface area contributed by atoms with Gasteiger partial charge in [-0.1, -0.05) is 35.4 Å². The van der Waals surface area contributed by atoms with Crippen molar-refractivity contribution in [1.29, 1.82) is 0 Å². The van der Waals surface area contributed by atoms with Crippen LogP contribution in [0.2, 0.25) is 0 Å². The molecule has 0 aromatic heterocycles. The van der Waals surface area contributed by atoms with Crippen LogP contribution in [-0.2, 0) is 47.9 Å². The number of aliphatic hydroxyl groups excluding tert-OH is 2. The van der Waals surface area contributed by atoms with Crippen molar-refractivity contribution in [2.24, 2.45) is 23.1 Å². The lowest BCUT2D eigenvalue weighted by atomic mass is 10.0. The lowest BCUT2D eigenvalue weighted by Gasteiger charge is -2.31. The van der Waals surface area contributed by atoms with Gasteiger partial charge >= 0.3 is 5.97 Å². The Kier molecular flexibility index (Phi) is 23.1. The minimum absolute atomic E-state index is 0.0174. The second kappa shape index (κ2) is 26.8. The number of aliphatic carboxylic acids is 1. The zero-order valence-corrected chi connectivity index (χ0v) is 37.4. The molecule has 16 N–H and O–H groups in total. The van der Waals surface area contributed by atoms with E-state index in [1.165, 1.54) is 13.8 Å². The van der Waals surface area contributed by atoms with E-state index in [4.69, 9.17) is 17.2 Å². The highest BCUT2D eigenvalue weighted by atomic mass is 33.1. The Morgan fingerprint density at radius 3 is 1.94 bits per heavy atom. The van der Waals surface area contributed by atoms with Crippen LogP contribution in [0.3, 0.4) is 0 Å². The van der Waals surface area contributed by atoms with Gasteiger partial charge in [-0.2, -0.15) is 0 Å². The van der Waals surface area contributed by atoms with E-state index in [0.29, 0.717) is 12.8 Å². The van der Waals surface area contributed by atoms with E-state index in [1.54, 1.807) is 13.8 Å². The van der Waals surface area contributed by atoms with Gasteiger partial charge in [0, 0.05) is 18.1 Å². The van der Waals surface area contributed by atoms with E-state index in [9.17, 15) is 63.3 Å². The zero-order chi connectivity index (χ0) is 47.6. The predicted octanol–water partition coefficient (Wildman–Crippen LogP) is -5.38. The van der Waals surface area contributed by atoms with Crippen molar-refractivity contribution in [2.45, 2.75) is 133 Å². The predicted molar refractivity (Wildman–Crippen MR) is 229 cm³/mol. The maximum atomic E-state index is 13.7. The number of carboxylic acids is 1. The third-order valence-corrected chi connectivity index (χ3v) is 12.4. The van der Waals surface area contributed by atoms with Crippen molar-refractivity contribution in [3.05, 3.63) is 0 Å². The molecule has 0 saturated carbocycles. The molecule has 2 aliphatic rings. The highest BCUT2D eigenvalue weighted by Crippen LogP contribution is 2.23. The molecule has 2 heterocycles. The second-order valence-electron chi connectivity index (χ2n) is 15.7. The van der Waals surface area contributed by atoms with Crippen molar-refractivity contribution in [3.63, 3.8) is 0 Å². The lowest BCUT2D eigenvalue weighted by Crippen LogP contribution is -2.62. The molecule has 9 amide bonds. The summed E-state index contributed by atoms with van der Waals surface area (Å²) in [5, 5.41) is 47.5. The summed E-state index contributed by atoms with van der Waals surface area (Å²) in [7, 11) is 1.98. The number of unbranched alkanes of at least 4 members (excludes halogenated alkanes) is 1. The van der Waals surface area contributed by atoms with Crippen molar-refractivity contribution in [2.75, 3.05) is 31.2 Å². The average molecular weight is 934 g/mol. The number of fused-ring (bicyclic) bond motifs is 1. The third-order valence-electron chi connectivity index (χ3n) is 9.93. The number of amides is 9. The number of hydrogen-bond donors (Lipinski definition) is 13. The number of nitrogens with zero attached hydrogens (tertiary/aromatic N) is 1. The minimum atomic E-state index is -1.71. The van der Waals surface area contributed by atoms with Crippen LogP contribution in [0.4, 0.5) is 0 Å². The summed E-state index contributed by atoms with van der Waals surface area (Å²) in [4.78, 5) is 133. The number of primary amides is 1. The van der Waals surface area contributed by atoms with Gasteiger partial charge in [0.05, 0.1) is 25.2 Å². The fourth-order valence-corrected chi connectivity index (χ4v) is 8.75. The van der Waals surface area contributed by atoms with E-state index in [1.807, 2.05) is 0 Å². The smallest absolute Gasteiger partial charge is 0.327 e. The van der Waals surface area contributed by atoms with Crippen LogP contribution >= 0.6 is 21.6 Å². The molecule has 0 radical (unpaired) electrons. The normalized spacial score (nSPS) is 29.0. The van der Waals surface area contributed by atoms with Crippen LogP contribution in [0.5, 0.6) is 0 Å². The van der Waals surface area contributed by atoms with E-state index in [-0.39, 0.29) is 56.2 Å². The van der Waals surface area contributed by atoms with Crippen LogP contribution in [0.25, 0.3) is 0 Å². The maximum Gasteiger partial charge on any atom is 0.327 e. The van der Waals surface area contributed by atoms with Gasteiger partial charge in [-0.25, -0.2) is 4.79 Å². The van der Waals surface area contributed by atoms with Gasteiger partial charge in [-0.15, -0.1) is 0 Å². The van der Waals surface area contributed by atoms with Gasteiger partial charge in [-0.05, 0) is 64.8 Å². The van der Waals surface area contributed by atoms with E-state index >= 15 is 0 Å². The Hall–Kier alpha value is -4.76. The number of aliphatic hydroxyl groups is 2. The topological polar surface area (TPSA) is 397 Å². The Morgan fingerprint density at radius 1 is 0.762 bits per heavy atom. The standard InChI is InChI=1S/C37H63N11O13S2/c1-17(2)12-22-32(55)46-25(37(60)61)16-63-62-15-20(39)30(53)42-21(8-5-6-10-38)31(54)41-18(3)29(52)43-23(13-27(40)51)33(56)45-24(14-49)36(59)48-11-7-9-26(48)34(57)47-28(19(4)50)35(58)44-22/h17-26,28,49-50H,5-16,38-39H2,1-4H3,(H2,40,51)(H,41,54)(H,42,53)(H,43,52)(H,44,58)(H,45,56)(H,46,55)(H,47,57)(H,60,61)/t18-,19+,20-,21-,22-,23-,24-,25-,26-,28-/m0/s1. The molecular formula is C37H63N11O13S2. The summed E-state index contributed by atoms with van der Waals surface area (Å²) in [5.41, 5.74) is 17.1.